The maximum Gasteiger partial charge on any atom is 0.338 e. The number of rotatable bonds is 27. The van der Waals surface area contributed by atoms with Gasteiger partial charge in [-0.25, -0.2) is 4.79 Å². The van der Waals surface area contributed by atoms with E-state index in [1.165, 1.54) is 101 Å². The third kappa shape index (κ3) is 16.6. The number of unbranched alkanes of at least 4 members (excludes halogenated alkanes) is 15. The average Bonchev–Trinajstić information content (AvgIpc) is 3.44. The molecule has 1 atom stereocenters. The summed E-state index contributed by atoms with van der Waals surface area (Å²) in [5.41, 5.74) is 2.09. The summed E-state index contributed by atoms with van der Waals surface area (Å²) in [6, 6.07) is 15.9. The van der Waals surface area contributed by atoms with Gasteiger partial charge in [0.05, 0.1) is 28.0 Å². The first-order chi connectivity index (χ1) is 25.6. The molecule has 292 valence electrons. The summed E-state index contributed by atoms with van der Waals surface area (Å²) >= 11 is 1.77. The van der Waals surface area contributed by atoms with E-state index in [1.54, 1.807) is 49.0 Å². The molecular formula is C44H64N2O6S. The van der Waals surface area contributed by atoms with Crippen LogP contribution in [-0.2, 0) is 19.1 Å². The second kappa shape index (κ2) is 24.8. The van der Waals surface area contributed by atoms with Crippen molar-refractivity contribution in [1.29, 1.82) is 0 Å². The number of ether oxygens (including phenoxy) is 2. The molecule has 2 aromatic carbocycles. The smallest absolute Gasteiger partial charge is 0.338 e. The molecule has 1 amide bonds. The topological polar surface area (TPSA) is 106 Å². The van der Waals surface area contributed by atoms with Crippen LogP contribution in [0.5, 0.6) is 0 Å². The molecule has 0 radical (unpaired) electrons. The minimum Gasteiger partial charge on any atom is -0.462 e. The monoisotopic (exact) mass is 748 g/mol. The predicted octanol–water partition coefficient (Wildman–Crippen LogP) is 10.6. The van der Waals surface area contributed by atoms with Gasteiger partial charge in [-0.05, 0) is 68.8 Å². The molecule has 1 unspecified atom stereocenters. The highest BCUT2D eigenvalue weighted by Gasteiger charge is 2.30. The van der Waals surface area contributed by atoms with Gasteiger partial charge in [-0.3, -0.25) is 9.59 Å². The van der Waals surface area contributed by atoms with E-state index in [9.17, 15) is 19.5 Å². The fourth-order valence-electron chi connectivity index (χ4n) is 6.12. The molecule has 0 aromatic heterocycles. The van der Waals surface area contributed by atoms with Crippen LogP contribution in [0.2, 0.25) is 0 Å². The van der Waals surface area contributed by atoms with E-state index in [4.69, 9.17) is 9.47 Å². The Hall–Kier alpha value is -3.43. The van der Waals surface area contributed by atoms with Crippen molar-refractivity contribution >= 4 is 47.1 Å². The summed E-state index contributed by atoms with van der Waals surface area (Å²) in [5.74, 6) is 0.391. The Morgan fingerprint density at radius 3 is 1.89 bits per heavy atom. The van der Waals surface area contributed by atoms with Crippen molar-refractivity contribution in [2.24, 2.45) is 10.5 Å². The zero-order valence-corrected chi connectivity index (χ0v) is 33.6. The lowest BCUT2D eigenvalue weighted by Crippen LogP contribution is -2.33. The summed E-state index contributed by atoms with van der Waals surface area (Å²) in [4.78, 5) is 38.4. The van der Waals surface area contributed by atoms with Gasteiger partial charge in [0.15, 0.2) is 0 Å². The Morgan fingerprint density at radius 2 is 1.32 bits per heavy atom. The first-order valence-electron chi connectivity index (χ1n) is 20.0. The molecule has 0 aliphatic carbocycles. The predicted molar refractivity (Wildman–Crippen MR) is 219 cm³/mol. The van der Waals surface area contributed by atoms with Crippen LogP contribution in [0, 0.1) is 5.41 Å². The fraction of sp³-hybridized carbons (Fsp3) is 0.591. The lowest BCUT2D eigenvalue weighted by Gasteiger charge is -2.23. The summed E-state index contributed by atoms with van der Waals surface area (Å²) < 4.78 is 10.6. The number of nitrogens with zero attached hydrogens (tertiary/aromatic N) is 2. The van der Waals surface area contributed by atoms with Gasteiger partial charge in [0, 0.05) is 5.75 Å². The van der Waals surface area contributed by atoms with Gasteiger partial charge < -0.3 is 14.6 Å². The van der Waals surface area contributed by atoms with E-state index in [1.807, 2.05) is 44.2 Å². The molecule has 1 heterocycles. The number of aliphatic hydroxyl groups excluding tert-OH is 1. The molecule has 0 bridgehead atoms. The minimum atomic E-state index is -1.15. The van der Waals surface area contributed by atoms with Gasteiger partial charge in [-0.2, -0.15) is 21.9 Å². The summed E-state index contributed by atoms with van der Waals surface area (Å²) in [7, 11) is 0. The van der Waals surface area contributed by atoms with E-state index >= 15 is 0 Å². The van der Waals surface area contributed by atoms with Gasteiger partial charge >= 0.3 is 11.9 Å². The van der Waals surface area contributed by atoms with Crippen LogP contribution in [0.3, 0.4) is 0 Å². The van der Waals surface area contributed by atoms with Crippen LogP contribution >= 0.6 is 11.8 Å². The maximum atomic E-state index is 13.1. The number of aliphatic hydroxyl groups is 1. The van der Waals surface area contributed by atoms with Gasteiger partial charge in [0.1, 0.15) is 19.3 Å². The number of hydrazone groups is 1. The lowest BCUT2D eigenvalue weighted by molar-refractivity contribution is -0.156. The molecule has 1 N–H and O–H groups in total. The number of carbonyl (C=O) groups excluding carboxylic acids is 3. The Kier molecular flexibility index (Phi) is 20.6. The SMILES string of the molecule is CCCCCCCCCCCCCCCCCCSCC(C)(C)C(=O)OCC(O)COC(=O)c1ccc(N2N=C(C)/C(=C/c3ccccc3)C2=O)cc1. The highest BCUT2D eigenvalue weighted by molar-refractivity contribution is 7.99. The molecule has 53 heavy (non-hydrogen) atoms. The van der Waals surface area contributed by atoms with Crippen LogP contribution in [-0.4, -0.2) is 59.5 Å². The maximum absolute atomic E-state index is 13.1. The number of amides is 1. The fourth-order valence-corrected chi connectivity index (χ4v) is 7.30. The van der Waals surface area contributed by atoms with Crippen LogP contribution in [0.25, 0.3) is 6.08 Å². The quantitative estimate of drug-likeness (QED) is 0.0551. The normalized spacial score (nSPS) is 14.4. The Labute approximate surface area is 323 Å². The van der Waals surface area contributed by atoms with Gasteiger partial charge in [-0.1, -0.05) is 134 Å². The number of thioether (sulfide) groups is 1. The first kappa shape index (κ1) is 44.0. The lowest BCUT2D eigenvalue weighted by atomic mass is 9.97. The number of anilines is 1. The van der Waals surface area contributed by atoms with Crippen molar-refractivity contribution < 1.29 is 29.0 Å². The van der Waals surface area contributed by atoms with Crippen molar-refractivity contribution in [2.45, 2.75) is 137 Å². The van der Waals surface area contributed by atoms with E-state index < -0.39 is 17.5 Å². The zero-order valence-electron chi connectivity index (χ0n) is 32.8. The van der Waals surface area contributed by atoms with E-state index in [0.29, 0.717) is 22.7 Å². The second-order valence-corrected chi connectivity index (χ2v) is 16.0. The number of esters is 2. The molecule has 0 fully saturated rings. The van der Waals surface area contributed by atoms with E-state index in [2.05, 4.69) is 12.0 Å². The minimum absolute atomic E-state index is 0.253. The Balaban J connectivity index is 1.22. The second-order valence-electron chi connectivity index (χ2n) is 14.9. The zero-order chi connectivity index (χ0) is 38.3. The molecule has 8 nitrogen and oxygen atoms in total. The van der Waals surface area contributed by atoms with Crippen molar-refractivity contribution in [3.05, 3.63) is 71.3 Å². The molecule has 1 aliphatic heterocycles. The Bertz CT molecular complexity index is 1440. The van der Waals surface area contributed by atoms with Gasteiger partial charge in [0.2, 0.25) is 0 Å². The Morgan fingerprint density at radius 1 is 0.792 bits per heavy atom. The molecule has 9 heteroatoms. The van der Waals surface area contributed by atoms with Crippen molar-refractivity contribution in [3.8, 4) is 0 Å². The molecular weight excluding hydrogens is 685 g/mol. The highest BCUT2D eigenvalue weighted by Crippen LogP contribution is 2.27. The first-order valence-corrected chi connectivity index (χ1v) is 21.1. The van der Waals surface area contributed by atoms with Gasteiger partial charge in [0.25, 0.3) is 5.91 Å². The number of hydrogen-bond acceptors (Lipinski definition) is 8. The third-order valence-corrected chi connectivity index (χ3v) is 11.0. The van der Waals surface area contributed by atoms with Crippen LogP contribution in [0.4, 0.5) is 5.69 Å². The van der Waals surface area contributed by atoms with E-state index in [0.717, 1.165) is 17.7 Å². The number of hydrogen-bond donors (Lipinski definition) is 1. The summed E-state index contributed by atoms with van der Waals surface area (Å²) in [6.07, 6.45) is 22.3. The molecule has 2 aromatic rings. The number of benzene rings is 2. The van der Waals surface area contributed by atoms with Crippen LogP contribution in [0.1, 0.15) is 146 Å². The number of carbonyl (C=O) groups is 3. The summed E-state index contributed by atoms with van der Waals surface area (Å²) in [6.45, 7) is 7.19. The standard InChI is InChI=1S/C44H64N2O6S/c1-5-6-7-8-9-10-11-12-13-14-15-16-17-18-19-23-30-53-34-44(3,4)43(50)52-33-39(47)32-51-42(49)37-26-28-38(29-27-37)46-41(48)40(35(2)45-46)31-36-24-21-20-22-25-36/h20-22,24-29,31,39,47H,5-19,23,30,32-34H2,1-4H3/b40-31-. The molecule has 1 aliphatic rings. The molecule has 0 saturated heterocycles. The van der Waals surface area contributed by atoms with Crippen molar-refractivity contribution in [1.82, 2.24) is 0 Å². The van der Waals surface area contributed by atoms with Crippen LogP contribution < -0.4 is 5.01 Å². The van der Waals surface area contributed by atoms with Crippen molar-refractivity contribution in [3.63, 3.8) is 0 Å². The largest absolute Gasteiger partial charge is 0.462 e. The molecule has 3 rings (SSSR count). The average molecular weight is 749 g/mol. The summed E-state index contributed by atoms with van der Waals surface area (Å²) in [5, 5.41) is 16.0. The molecule has 0 saturated carbocycles. The highest BCUT2D eigenvalue weighted by atomic mass is 32.2. The van der Waals surface area contributed by atoms with Gasteiger partial charge in [-0.15, -0.1) is 0 Å². The molecule has 0 spiro atoms. The van der Waals surface area contributed by atoms with Crippen LogP contribution in [0.15, 0.2) is 65.3 Å². The van der Waals surface area contributed by atoms with E-state index in [-0.39, 0.29) is 30.7 Å². The third-order valence-electron chi connectivity index (χ3n) is 9.49. The van der Waals surface area contributed by atoms with Crippen molar-refractivity contribution in [2.75, 3.05) is 29.7 Å².